The molecule has 0 fully saturated rings. The molecule has 2 N–H and O–H groups in total. The topological polar surface area (TPSA) is 101 Å². The number of amides is 2. The summed E-state index contributed by atoms with van der Waals surface area (Å²) >= 11 is 0. The van der Waals surface area contributed by atoms with Gasteiger partial charge in [-0.2, -0.15) is 0 Å². The van der Waals surface area contributed by atoms with Crippen molar-refractivity contribution in [2.24, 2.45) is 0 Å². The maximum atomic E-state index is 13.2. The second-order valence-electron chi connectivity index (χ2n) is 7.52. The zero-order chi connectivity index (χ0) is 23.9. The molecule has 1 aromatic heterocycles. The molecule has 0 aliphatic carbocycles. The molecule has 0 bridgehead atoms. The molecule has 0 saturated carbocycles. The number of hydrogen-bond donors (Lipinski definition) is 2. The highest BCUT2D eigenvalue weighted by molar-refractivity contribution is 6.11. The van der Waals surface area contributed by atoms with Crippen molar-refractivity contribution >= 4 is 23.5 Å². The van der Waals surface area contributed by atoms with Crippen LogP contribution in [0, 0.1) is 0 Å². The van der Waals surface area contributed by atoms with Crippen LogP contribution in [0.25, 0.3) is 11.1 Å². The maximum absolute atomic E-state index is 13.2. The van der Waals surface area contributed by atoms with Crippen LogP contribution in [0.3, 0.4) is 0 Å². The molecule has 1 heterocycles. The van der Waals surface area contributed by atoms with Gasteiger partial charge in [-0.05, 0) is 23.3 Å². The fraction of sp³-hybridized carbons (Fsp3) is 0.0741. The van der Waals surface area contributed by atoms with Crippen molar-refractivity contribution in [2.75, 3.05) is 12.4 Å². The summed E-state index contributed by atoms with van der Waals surface area (Å²) in [7, 11) is 1.56. The lowest BCUT2D eigenvalue weighted by atomic mass is 10.00. The van der Waals surface area contributed by atoms with Gasteiger partial charge in [0.25, 0.3) is 5.91 Å². The van der Waals surface area contributed by atoms with E-state index in [0.717, 1.165) is 11.1 Å². The maximum Gasteiger partial charge on any atom is 0.251 e. The van der Waals surface area contributed by atoms with Crippen LogP contribution >= 0.6 is 0 Å². The number of hydrogen-bond acceptors (Lipinski definition) is 5. The average Bonchev–Trinajstić information content (AvgIpc) is 2.89. The summed E-state index contributed by atoms with van der Waals surface area (Å²) in [5, 5.41) is 5.23. The summed E-state index contributed by atoms with van der Waals surface area (Å²) in [6, 6.07) is 25.0. The Bertz CT molecular complexity index is 1330. The van der Waals surface area contributed by atoms with Crippen molar-refractivity contribution < 1.29 is 17.2 Å². The van der Waals surface area contributed by atoms with E-state index >= 15 is 0 Å². The Balaban J connectivity index is 0.00000228. The number of carbonyl (C=O) groups is 3. The van der Waals surface area contributed by atoms with E-state index in [4.69, 9.17) is 0 Å². The third-order valence-corrected chi connectivity index (χ3v) is 5.18. The predicted molar refractivity (Wildman–Crippen MR) is 134 cm³/mol. The smallest absolute Gasteiger partial charge is 0.251 e. The lowest BCUT2D eigenvalue weighted by Gasteiger charge is -2.11. The second kappa shape index (κ2) is 10.3. The first-order chi connectivity index (χ1) is 16.5. The van der Waals surface area contributed by atoms with Crippen LogP contribution in [0.5, 0.6) is 0 Å². The zero-order valence-corrected chi connectivity index (χ0v) is 18.5. The summed E-state index contributed by atoms with van der Waals surface area (Å²) in [4.78, 5) is 46.2. The molecule has 0 unspecified atom stereocenters. The van der Waals surface area contributed by atoms with Crippen LogP contribution in [0.15, 0.2) is 91.1 Å². The highest BCUT2D eigenvalue weighted by Crippen LogP contribution is 2.25. The largest absolute Gasteiger partial charge is 0.355 e. The molecule has 0 radical (unpaired) electrons. The molecule has 0 spiro atoms. The molecular formula is C27H26N4O3. The van der Waals surface area contributed by atoms with Gasteiger partial charge >= 0.3 is 0 Å². The van der Waals surface area contributed by atoms with Crippen LogP contribution < -0.4 is 10.6 Å². The molecule has 0 atom stereocenters. The van der Waals surface area contributed by atoms with E-state index in [2.05, 4.69) is 20.6 Å². The lowest BCUT2D eigenvalue weighted by molar-refractivity contribution is -0.115. The van der Waals surface area contributed by atoms with Crippen molar-refractivity contribution in [3.05, 3.63) is 114 Å². The van der Waals surface area contributed by atoms with Gasteiger partial charge in [0.05, 0.1) is 6.42 Å². The second-order valence-corrected chi connectivity index (χ2v) is 7.52. The third-order valence-electron chi connectivity index (χ3n) is 5.18. The SMILES string of the molecule is CNC(=O)c1ccc(CC(=O)Nc2ncc(-c3ccccc3)c(C(=O)c3ccccc3)n2)cc1.[HH].[HH]. The first-order valence-corrected chi connectivity index (χ1v) is 10.7. The highest BCUT2D eigenvalue weighted by atomic mass is 16.2. The van der Waals surface area contributed by atoms with Gasteiger partial charge < -0.3 is 5.32 Å². The predicted octanol–water partition coefficient (Wildman–Crippen LogP) is 4.41. The minimum Gasteiger partial charge on any atom is -0.355 e. The monoisotopic (exact) mass is 454 g/mol. The number of nitrogens with zero attached hydrogens (tertiary/aromatic N) is 2. The molecule has 4 rings (SSSR count). The molecule has 0 saturated heterocycles. The standard InChI is InChI=1S/C27H22N4O3.2H2/c1-28-26(34)21-14-12-18(13-15-21)16-23(32)30-27-29-17-22(19-8-4-2-5-9-19)24(31-27)25(33)20-10-6-3-7-11-20;;/h2-15,17H,16H2,1H3,(H,28,34)(H,29,30,31,32);2*1H. The van der Waals surface area contributed by atoms with E-state index in [9.17, 15) is 14.4 Å². The van der Waals surface area contributed by atoms with Gasteiger partial charge in [0.2, 0.25) is 17.6 Å². The molecule has 2 amide bonds. The van der Waals surface area contributed by atoms with Crippen molar-refractivity contribution in [2.45, 2.75) is 6.42 Å². The number of ketones is 1. The summed E-state index contributed by atoms with van der Waals surface area (Å²) in [5.41, 5.74) is 3.32. The van der Waals surface area contributed by atoms with Gasteiger partial charge in [0.15, 0.2) is 0 Å². The summed E-state index contributed by atoms with van der Waals surface area (Å²) in [6.45, 7) is 0. The number of rotatable bonds is 7. The van der Waals surface area contributed by atoms with E-state index in [1.807, 2.05) is 36.4 Å². The minimum absolute atomic E-state index is 0. The fourth-order valence-corrected chi connectivity index (χ4v) is 3.44. The fourth-order valence-electron chi connectivity index (χ4n) is 3.44. The van der Waals surface area contributed by atoms with E-state index in [1.165, 1.54) is 0 Å². The van der Waals surface area contributed by atoms with Gasteiger partial charge in [-0.3, -0.25) is 19.7 Å². The number of benzene rings is 3. The Hall–Kier alpha value is -4.65. The van der Waals surface area contributed by atoms with Gasteiger partial charge in [0, 0.05) is 32.8 Å². The quantitative estimate of drug-likeness (QED) is 0.403. The van der Waals surface area contributed by atoms with Gasteiger partial charge in [-0.25, -0.2) is 9.97 Å². The minimum atomic E-state index is -0.335. The molecule has 7 nitrogen and oxygen atoms in total. The van der Waals surface area contributed by atoms with Crippen LogP contribution in [0.1, 0.15) is 34.8 Å². The van der Waals surface area contributed by atoms with Gasteiger partial charge in [0.1, 0.15) is 5.69 Å². The Kier molecular flexibility index (Phi) is 6.84. The van der Waals surface area contributed by atoms with Crippen LogP contribution in [-0.2, 0) is 11.2 Å². The Morgan fingerprint density at radius 2 is 1.47 bits per heavy atom. The van der Waals surface area contributed by atoms with E-state index in [0.29, 0.717) is 16.7 Å². The van der Waals surface area contributed by atoms with Gasteiger partial charge in [-0.15, -0.1) is 0 Å². The molecule has 34 heavy (non-hydrogen) atoms. The Labute approximate surface area is 199 Å². The lowest BCUT2D eigenvalue weighted by Crippen LogP contribution is -2.19. The van der Waals surface area contributed by atoms with Crippen molar-refractivity contribution in [3.8, 4) is 11.1 Å². The molecule has 7 heteroatoms. The van der Waals surface area contributed by atoms with Crippen LogP contribution in [-0.4, -0.2) is 34.6 Å². The molecule has 0 aliphatic heterocycles. The number of anilines is 1. The first kappa shape index (κ1) is 22.5. The normalized spacial score (nSPS) is 10.4. The molecule has 172 valence electrons. The van der Waals surface area contributed by atoms with Crippen molar-refractivity contribution in [1.29, 1.82) is 0 Å². The summed E-state index contributed by atoms with van der Waals surface area (Å²) in [5.74, 6) is -0.745. The molecule has 3 aromatic carbocycles. The van der Waals surface area contributed by atoms with E-state index in [-0.39, 0.29) is 38.5 Å². The number of nitrogens with one attached hydrogen (secondary N) is 2. The molecular weight excluding hydrogens is 428 g/mol. The average molecular weight is 455 g/mol. The van der Waals surface area contributed by atoms with Crippen molar-refractivity contribution in [3.63, 3.8) is 0 Å². The first-order valence-electron chi connectivity index (χ1n) is 10.7. The molecule has 4 aromatic rings. The summed E-state index contributed by atoms with van der Waals surface area (Å²) < 4.78 is 0. The number of carbonyl (C=O) groups excluding carboxylic acids is 3. The van der Waals surface area contributed by atoms with Gasteiger partial charge in [-0.1, -0.05) is 72.8 Å². The van der Waals surface area contributed by atoms with Crippen molar-refractivity contribution in [1.82, 2.24) is 15.3 Å². The van der Waals surface area contributed by atoms with Crippen LogP contribution in [0.2, 0.25) is 0 Å². The molecule has 0 aliphatic rings. The van der Waals surface area contributed by atoms with Crippen LogP contribution in [0.4, 0.5) is 5.95 Å². The number of aromatic nitrogens is 2. The van der Waals surface area contributed by atoms with E-state index < -0.39 is 0 Å². The Morgan fingerprint density at radius 3 is 2.12 bits per heavy atom. The highest BCUT2D eigenvalue weighted by Gasteiger charge is 2.19. The zero-order valence-electron chi connectivity index (χ0n) is 18.5. The Morgan fingerprint density at radius 1 is 0.824 bits per heavy atom. The third kappa shape index (κ3) is 5.21. The van der Waals surface area contributed by atoms with E-state index in [1.54, 1.807) is 61.8 Å². The summed E-state index contributed by atoms with van der Waals surface area (Å²) in [6.07, 6.45) is 1.62.